The van der Waals surface area contributed by atoms with Crippen LogP contribution < -0.4 is 5.32 Å². The van der Waals surface area contributed by atoms with E-state index in [4.69, 9.17) is 0 Å². The summed E-state index contributed by atoms with van der Waals surface area (Å²) in [5.74, 6) is 1.22. The van der Waals surface area contributed by atoms with Gasteiger partial charge in [0.15, 0.2) is 0 Å². The van der Waals surface area contributed by atoms with Crippen LogP contribution in [0.4, 0.5) is 11.8 Å². The molecule has 22 heavy (non-hydrogen) atoms. The summed E-state index contributed by atoms with van der Waals surface area (Å²) < 4.78 is 0. The Balaban J connectivity index is 1.79. The van der Waals surface area contributed by atoms with Crippen LogP contribution in [-0.2, 0) is 0 Å². The number of nitrogens with zero attached hydrogens (tertiary/aromatic N) is 3. The van der Waals surface area contributed by atoms with E-state index in [1.54, 1.807) is 18.6 Å². The predicted octanol–water partition coefficient (Wildman–Crippen LogP) is 4.32. The van der Waals surface area contributed by atoms with Crippen molar-refractivity contribution in [3.8, 4) is 11.1 Å². The third-order valence-corrected chi connectivity index (χ3v) is 3.25. The second-order valence-electron chi connectivity index (χ2n) is 5.00. The lowest BCUT2D eigenvalue weighted by molar-refractivity contribution is 1.15. The Labute approximate surface area is 129 Å². The van der Waals surface area contributed by atoms with E-state index in [-0.39, 0.29) is 0 Å². The molecule has 0 aliphatic heterocycles. The molecule has 0 radical (unpaired) electrons. The highest BCUT2D eigenvalue weighted by Crippen LogP contribution is 2.19. The van der Waals surface area contributed by atoms with Gasteiger partial charge in [-0.15, -0.1) is 0 Å². The summed E-state index contributed by atoms with van der Waals surface area (Å²) >= 11 is 0. The average molecular weight is 288 g/mol. The van der Waals surface area contributed by atoms with Gasteiger partial charge in [-0.3, -0.25) is 0 Å². The van der Waals surface area contributed by atoms with E-state index < -0.39 is 0 Å². The lowest BCUT2D eigenvalue weighted by Gasteiger charge is -2.07. The van der Waals surface area contributed by atoms with Crippen LogP contribution >= 0.6 is 0 Å². The molecule has 2 heterocycles. The van der Waals surface area contributed by atoms with Crippen LogP contribution in [0.5, 0.6) is 0 Å². The van der Waals surface area contributed by atoms with E-state index >= 15 is 0 Å². The Morgan fingerprint density at radius 2 is 1.68 bits per heavy atom. The molecule has 0 aliphatic rings. The zero-order valence-electron chi connectivity index (χ0n) is 12.3. The molecule has 0 saturated carbocycles. The summed E-state index contributed by atoms with van der Waals surface area (Å²) in [6.07, 6.45) is 5.34. The van der Waals surface area contributed by atoms with Crippen molar-refractivity contribution in [2.45, 2.75) is 6.92 Å². The van der Waals surface area contributed by atoms with E-state index in [0.717, 1.165) is 22.3 Å². The summed E-state index contributed by atoms with van der Waals surface area (Å²) in [5.41, 5.74) is 4.11. The van der Waals surface area contributed by atoms with Crippen molar-refractivity contribution in [2.24, 2.45) is 0 Å². The largest absolute Gasteiger partial charge is 0.309 e. The average Bonchev–Trinajstić information content (AvgIpc) is 2.56. The fraction of sp³-hybridized carbons (Fsp3) is 0.0556. The minimum Gasteiger partial charge on any atom is -0.309 e. The molecule has 0 spiro atoms. The molecule has 0 amide bonds. The molecule has 3 aromatic rings. The number of hydrogen-bond donors (Lipinski definition) is 1. The van der Waals surface area contributed by atoms with Gasteiger partial charge in [0.1, 0.15) is 5.82 Å². The van der Waals surface area contributed by atoms with Gasteiger partial charge >= 0.3 is 0 Å². The highest BCUT2D eigenvalue weighted by molar-refractivity contribution is 5.65. The zero-order valence-corrected chi connectivity index (χ0v) is 12.3. The summed E-state index contributed by atoms with van der Waals surface area (Å²) in [5, 5.41) is 3.10. The monoisotopic (exact) mass is 288 g/mol. The Bertz CT molecular complexity index is 780. The molecule has 0 saturated heterocycles. The highest BCUT2D eigenvalue weighted by Gasteiger charge is 2.02. The third-order valence-electron chi connectivity index (χ3n) is 3.25. The first-order chi connectivity index (χ1) is 10.7. The van der Waals surface area contributed by atoms with E-state index in [0.29, 0.717) is 11.8 Å². The normalized spacial score (nSPS) is 10.2. The van der Waals surface area contributed by atoms with Gasteiger partial charge in [0.25, 0.3) is 0 Å². The molecule has 0 fully saturated rings. The smallest absolute Gasteiger partial charge is 0.228 e. The topological polar surface area (TPSA) is 50.7 Å². The number of hydrogen-bond acceptors (Lipinski definition) is 4. The van der Waals surface area contributed by atoms with Crippen LogP contribution in [0.2, 0.25) is 0 Å². The molecule has 108 valence electrons. The number of rotatable bonds is 4. The van der Waals surface area contributed by atoms with Crippen LogP contribution in [-0.4, -0.2) is 15.0 Å². The molecular formula is C18H16N4. The number of nitrogens with one attached hydrogen (secondary N) is 1. The maximum absolute atomic E-state index is 4.34. The van der Waals surface area contributed by atoms with Gasteiger partial charge in [-0.25, -0.2) is 15.0 Å². The van der Waals surface area contributed by atoms with Gasteiger partial charge in [0.05, 0.1) is 0 Å². The lowest BCUT2D eigenvalue weighted by atomic mass is 10.1. The molecule has 0 bridgehead atoms. The SMILES string of the molecule is C=C(C)c1ccnc(Nc2ncc(-c3ccccc3)cn2)c1. The minimum atomic E-state index is 0.519. The number of anilines is 2. The summed E-state index contributed by atoms with van der Waals surface area (Å²) in [4.78, 5) is 12.9. The first-order valence-electron chi connectivity index (χ1n) is 6.99. The molecule has 0 aliphatic carbocycles. The molecule has 0 atom stereocenters. The maximum Gasteiger partial charge on any atom is 0.228 e. The fourth-order valence-corrected chi connectivity index (χ4v) is 2.05. The van der Waals surface area contributed by atoms with E-state index in [9.17, 15) is 0 Å². The molecule has 0 unspecified atom stereocenters. The Morgan fingerprint density at radius 3 is 2.36 bits per heavy atom. The minimum absolute atomic E-state index is 0.519. The summed E-state index contributed by atoms with van der Waals surface area (Å²) in [7, 11) is 0. The van der Waals surface area contributed by atoms with Crippen molar-refractivity contribution >= 4 is 17.3 Å². The molecule has 2 aromatic heterocycles. The number of benzene rings is 1. The second kappa shape index (κ2) is 6.18. The van der Waals surface area contributed by atoms with Crippen molar-refractivity contribution in [2.75, 3.05) is 5.32 Å². The predicted molar refractivity (Wildman–Crippen MR) is 89.7 cm³/mol. The Kier molecular flexibility index (Phi) is 3.92. The van der Waals surface area contributed by atoms with Crippen LogP contribution in [0.15, 0.2) is 67.6 Å². The molecule has 1 N–H and O–H groups in total. The van der Waals surface area contributed by atoms with Crippen LogP contribution in [0.1, 0.15) is 12.5 Å². The second-order valence-corrected chi connectivity index (χ2v) is 5.00. The van der Waals surface area contributed by atoms with Crippen molar-refractivity contribution in [3.63, 3.8) is 0 Å². The van der Waals surface area contributed by atoms with Crippen LogP contribution in [0, 0.1) is 0 Å². The van der Waals surface area contributed by atoms with Gasteiger partial charge in [-0.1, -0.05) is 42.5 Å². The first kappa shape index (κ1) is 13.9. The Hall–Kier alpha value is -3.01. The Morgan fingerprint density at radius 1 is 0.955 bits per heavy atom. The highest BCUT2D eigenvalue weighted by atomic mass is 15.1. The summed E-state index contributed by atoms with van der Waals surface area (Å²) in [6, 6.07) is 13.9. The van der Waals surface area contributed by atoms with Gasteiger partial charge in [0, 0.05) is 24.2 Å². The van der Waals surface area contributed by atoms with E-state index in [1.807, 2.05) is 49.4 Å². The standard InChI is InChI=1S/C18H16N4/c1-13(2)15-8-9-19-17(10-15)22-18-20-11-16(12-21-18)14-6-4-3-5-7-14/h3-12H,1H2,2H3,(H,19,20,21,22). The van der Waals surface area contributed by atoms with Crippen molar-refractivity contribution in [1.82, 2.24) is 15.0 Å². The van der Waals surface area contributed by atoms with Gasteiger partial charge < -0.3 is 5.32 Å². The number of allylic oxidation sites excluding steroid dienone is 1. The van der Waals surface area contributed by atoms with Gasteiger partial charge in [-0.05, 0) is 30.2 Å². The molecular weight excluding hydrogens is 272 g/mol. The molecule has 3 rings (SSSR count). The maximum atomic E-state index is 4.34. The van der Waals surface area contributed by atoms with E-state index in [2.05, 4.69) is 26.8 Å². The van der Waals surface area contributed by atoms with Crippen molar-refractivity contribution < 1.29 is 0 Å². The van der Waals surface area contributed by atoms with E-state index in [1.165, 1.54) is 0 Å². The lowest BCUT2D eigenvalue weighted by Crippen LogP contribution is -1.99. The van der Waals surface area contributed by atoms with Gasteiger partial charge in [0.2, 0.25) is 5.95 Å². The number of pyridine rings is 1. The van der Waals surface area contributed by atoms with Crippen molar-refractivity contribution in [3.05, 3.63) is 73.2 Å². The quantitative estimate of drug-likeness (QED) is 0.777. The van der Waals surface area contributed by atoms with Crippen molar-refractivity contribution in [1.29, 1.82) is 0 Å². The fourth-order valence-electron chi connectivity index (χ4n) is 2.05. The summed E-state index contributed by atoms with van der Waals surface area (Å²) in [6.45, 7) is 5.89. The van der Waals surface area contributed by atoms with Gasteiger partial charge in [-0.2, -0.15) is 0 Å². The first-order valence-corrected chi connectivity index (χ1v) is 6.99. The molecule has 1 aromatic carbocycles. The van der Waals surface area contributed by atoms with Crippen LogP contribution in [0.3, 0.4) is 0 Å². The number of aromatic nitrogens is 3. The molecule has 4 nitrogen and oxygen atoms in total. The molecule has 4 heteroatoms. The van der Waals surface area contributed by atoms with Crippen LogP contribution in [0.25, 0.3) is 16.7 Å². The third kappa shape index (κ3) is 3.17. The zero-order chi connectivity index (χ0) is 15.4.